The summed E-state index contributed by atoms with van der Waals surface area (Å²) >= 11 is 3.40. The molecule has 0 aromatic heterocycles. The summed E-state index contributed by atoms with van der Waals surface area (Å²) in [4.78, 5) is 0. The molecule has 0 spiro atoms. The molecule has 0 bridgehead atoms. The molecule has 0 heterocycles. The van der Waals surface area contributed by atoms with E-state index < -0.39 is 0 Å². The van der Waals surface area contributed by atoms with E-state index in [0.717, 1.165) is 21.9 Å². The van der Waals surface area contributed by atoms with Crippen LogP contribution in [0.1, 0.15) is 31.2 Å². The van der Waals surface area contributed by atoms with Crippen LogP contribution in [0.3, 0.4) is 0 Å². The Morgan fingerprint density at radius 3 is 2.63 bits per heavy atom. The van der Waals surface area contributed by atoms with Crippen LogP contribution < -0.4 is 11.3 Å². The van der Waals surface area contributed by atoms with E-state index in [1.54, 1.807) is 6.07 Å². The monoisotopic (exact) mass is 326 g/mol. The molecule has 1 aromatic carbocycles. The summed E-state index contributed by atoms with van der Waals surface area (Å²) in [5, 5.41) is 0. The Bertz CT molecular complexity index is 453. The van der Waals surface area contributed by atoms with Crippen molar-refractivity contribution >= 4 is 15.9 Å². The molecule has 0 aliphatic heterocycles. The Labute approximate surface area is 122 Å². The quantitative estimate of drug-likeness (QED) is 0.657. The van der Waals surface area contributed by atoms with Crippen LogP contribution >= 0.6 is 15.9 Å². The SMILES string of the molecule is NNC(Cc1cc(Br)ccc1F)C1C2CCCCC21. The van der Waals surface area contributed by atoms with Gasteiger partial charge in [-0.15, -0.1) is 0 Å². The van der Waals surface area contributed by atoms with Crippen LogP contribution in [0.4, 0.5) is 4.39 Å². The van der Waals surface area contributed by atoms with Gasteiger partial charge in [-0.3, -0.25) is 11.3 Å². The van der Waals surface area contributed by atoms with E-state index >= 15 is 0 Å². The number of nitrogens with one attached hydrogen (secondary N) is 1. The summed E-state index contributed by atoms with van der Waals surface area (Å²) in [5.74, 6) is 7.88. The fourth-order valence-corrected chi connectivity index (χ4v) is 4.30. The number of hydrogen-bond acceptors (Lipinski definition) is 2. The Morgan fingerprint density at radius 1 is 1.32 bits per heavy atom. The molecule has 2 aliphatic rings. The summed E-state index contributed by atoms with van der Waals surface area (Å²) in [7, 11) is 0. The third-order valence-electron chi connectivity index (χ3n) is 4.85. The minimum Gasteiger partial charge on any atom is -0.271 e. The highest BCUT2D eigenvalue weighted by molar-refractivity contribution is 9.10. The highest BCUT2D eigenvalue weighted by atomic mass is 79.9. The average Bonchev–Trinajstić information content (AvgIpc) is 3.14. The second kappa shape index (κ2) is 5.51. The molecular weight excluding hydrogens is 307 g/mol. The van der Waals surface area contributed by atoms with E-state index in [4.69, 9.17) is 5.84 Å². The van der Waals surface area contributed by atoms with Crippen LogP contribution in [0.15, 0.2) is 22.7 Å². The second-order valence-corrected chi connectivity index (χ2v) is 6.82. The third kappa shape index (κ3) is 2.71. The zero-order valence-corrected chi connectivity index (χ0v) is 12.5. The number of benzene rings is 1. The normalized spacial score (nSPS) is 30.8. The molecule has 104 valence electrons. The molecule has 2 saturated carbocycles. The lowest BCUT2D eigenvalue weighted by Crippen LogP contribution is -2.39. The molecule has 3 rings (SSSR count). The number of fused-ring (bicyclic) bond motifs is 1. The molecule has 3 atom stereocenters. The highest BCUT2D eigenvalue weighted by Gasteiger charge is 2.53. The van der Waals surface area contributed by atoms with Crippen molar-refractivity contribution in [3.05, 3.63) is 34.1 Å². The molecule has 3 unspecified atom stereocenters. The number of nitrogens with two attached hydrogens (primary N) is 1. The van der Waals surface area contributed by atoms with Crippen molar-refractivity contribution in [3.63, 3.8) is 0 Å². The Morgan fingerprint density at radius 2 is 2.00 bits per heavy atom. The van der Waals surface area contributed by atoms with Crippen molar-refractivity contribution in [2.45, 2.75) is 38.1 Å². The van der Waals surface area contributed by atoms with Gasteiger partial charge < -0.3 is 0 Å². The van der Waals surface area contributed by atoms with Gasteiger partial charge in [-0.25, -0.2) is 4.39 Å². The number of hydrazine groups is 1. The highest BCUT2D eigenvalue weighted by Crippen LogP contribution is 2.57. The van der Waals surface area contributed by atoms with Crippen LogP contribution in [-0.4, -0.2) is 6.04 Å². The summed E-state index contributed by atoms with van der Waals surface area (Å²) in [5.41, 5.74) is 3.68. The number of halogens is 2. The van der Waals surface area contributed by atoms with Gasteiger partial charge in [0.1, 0.15) is 5.82 Å². The standard InChI is InChI=1S/C15H20BrFN2/c16-10-5-6-13(17)9(7-10)8-14(19-18)15-11-3-1-2-4-12(11)15/h5-7,11-12,14-15,19H,1-4,8,18H2. The van der Waals surface area contributed by atoms with Gasteiger partial charge in [-0.05, 0) is 60.8 Å². The summed E-state index contributed by atoms with van der Waals surface area (Å²) < 4.78 is 14.8. The minimum absolute atomic E-state index is 0.132. The molecule has 19 heavy (non-hydrogen) atoms. The number of rotatable bonds is 4. The van der Waals surface area contributed by atoms with E-state index in [9.17, 15) is 4.39 Å². The van der Waals surface area contributed by atoms with Gasteiger partial charge in [0.2, 0.25) is 0 Å². The first kappa shape index (κ1) is 13.5. The van der Waals surface area contributed by atoms with E-state index in [-0.39, 0.29) is 11.9 Å². The maximum atomic E-state index is 13.8. The molecule has 2 fully saturated rings. The zero-order valence-electron chi connectivity index (χ0n) is 10.9. The maximum absolute atomic E-state index is 13.8. The molecule has 0 amide bonds. The van der Waals surface area contributed by atoms with Gasteiger partial charge in [-0.1, -0.05) is 28.8 Å². The lowest BCUT2D eigenvalue weighted by atomic mass is 10.00. The zero-order chi connectivity index (χ0) is 13.4. The predicted octanol–water partition coefficient (Wildman–Crippen LogP) is 3.40. The van der Waals surface area contributed by atoms with Crippen LogP contribution in [0.5, 0.6) is 0 Å². The van der Waals surface area contributed by atoms with Crippen LogP contribution in [0.2, 0.25) is 0 Å². The van der Waals surface area contributed by atoms with Crippen molar-refractivity contribution in [1.29, 1.82) is 0 Å². The molecule has 2 nitrogen and oxygen atoms in total. The molecule has 1 aromatic rings. The van der Waals surface area contributed by atoms with Gasteiger partial charge in [0, 0.05) is 10.5 Å². The van der Waals surface area contributed by atoms with Crippen LogP contribution in [-0.2, 0) is 6.42 Å². The van der Waals surface area contributed by atoms with E-state index in [1.807, 2.05) is 6.07 Å². The van der Waals surface area contributed by atoms with Crippen molar-refractivity contribution in [2.24, 2.45) is 23.6 Å². The molecule has 4 heteroatoms. The topological polar surface area (TPSA) is 38.0 Å². The first-order valence-corrected chi connectivity index (χ1v) is 7.90. The van der Waals surface area contributed by atoms with Crippen LogP contribution in [0.25, 0.3) is 0 Å². The molecule has 0 saturated heterocycles. The van der Waals surface area contributed by atoms with E-state index in [1.165, 1.54) is 31.7 Å². The van der Waals surface area contributed by atoms with Crippen molar-refractivity contribution in [2.75, 3.05) is 0 Å². The lowest BCUT2D eigenvalue weighted by Gasteiger charge is -2.17. The fourth-order valence-electron chi connectivity index (χ4n) is 3.89. The fraction of sp³-hybridized carbons (Fsp3) is 0.600. The molecule has 0 radical (unpaired) electrons. The molecule has 2 aliphatic carbocycles. The average molecular weight is 327 g/mol. The van der Waals surface area contributed by atoms with Crippen LogP contribution in [0, 0.1) is 23.6 Å². The van der Waals surface area contributed by atoms with Gasteiger partial charge in [0.15, 0.2) is 0 Å². The number of hydrogen-bond donors (Lipinski definition) is 2. The largest absolute Gasteiger partial charge is 0.271 e. The van der Waals surface area contributed by atoms with E-state index in [2.05, 4.69) is 21.4 Å². The van der Waals surface area contributed by atoms with Crippen molar-refractivity contribution in [1.82, 2.24) is 5.43 Å². The Kier molecular flexibility index (Phi) is 3.92. The maximum Gasteiger partial charge on any atom is 0.126 e. The summed E-state index contributed by atoms with van der Waals surface area (Å²) in [6.45, 7) is 0. The van der Waals surface area contributed by atoms with E-state index in [0.29, 0.717) is 12.3 Å². The molecular formula is C15H20BrFN2. The second-order valence-electron chi connectivity index (χ2n) is 5.90. The van der Waals surface area contributed by atoms with Gasteiger partial charge in [0.25, 0.3) is 0 Å². The lowest BCUT2D eigenvalue weighted by molar-refractivity contribution is 0.430. The first-order chi connectivity index (χ1) is 9.20. The Balaban J connectivity index is 1.72. The van der Waals surface area contributed by atoms with Gasteiger partial charge >= 0.3 is 0 Å². The van der Waals surface area contributed by atoms with Crippen molar-refractivity contribution < 1.29 is 4.39 Å². The third-order valence-corrected chi connectivity index (χ3v) is 5.34. The summed E-state index contributed by atoms with van der Waals surface area (Å²) in [6, 6.07) is 5.33. The smallest absolute Gasteiger partial charge is 0.126 e. The minimum atomic E-state index is -0.132. The Hall–Kier alpha value is -0.450. The predicted molar refractivity (Wildman–Crippen MR) is 77.9 cm³/mol. The summed E-state index contributed by atoms with van der Waals surface area (Å²) in [6.07, 6.45) is 6.03. The van der Waals surface area contributed by atoms with Gasteiger partial charge in [-0.2, -0.15) is 0 Å². The molecule has 3 N–H and O–H groups in total. The van der Waals surface area contributed by atoms with Crippen molar-refractivity contribution in [3.8, 4) is 0 Å². The first-order valence-electron chi connectivity index (χ1n) is 7.10. The van der Waals surface area contributed by atoms with Gasteiger partial charge in [0.05, 0.1) is 0 Å².